The molecule has 0 atom stereocenters. The lowest BCUT2D eigenvalue weighted by molar-refractivity contribution is -0.135. The zero-order chi connectivity index (χ0) is 21.5. The van der Waals surface area contributed by atoms with Gasteiger partial charge in [-0.2, -0.15) is 0 Å². The van der Waals surface area contributed by atoms with E-state index in [0.717, 1.165) is 68.4 Å². The third-order valence-electron chi connectivity index (χ3n) is 7.57. The molecule has 1 N–H and O–H groups in total. The number of aromatic nitrogens is 3. The van der Waals surface area contributed by atoms with Gasteiger partial charge in [0.2, 0.25) is 5.91 Å². The Balaban J connectivity index is 1.12. The largest absolute Gasteiger partial charge is 0.357 e. The van der Waals surface area contributed by atoms with Crippen molar-refractivity contribution >= 4 is 16.8 Å². The Morgan fingerprint density at radius 2 is 1.84 bits per heavy atom. The molecule has 1 saturated heterocycles. The monoisotopic (exact) mass is 430 g/mol. The van der Waals surface area contributed by atoms with Crippen LogP contribution in [-0.4, -0.2) is 80.9 Å². The number of H-pyrrole nitrogens is 1. The van der Waals surface area contributed by atoms with Crippen molar-refractivity contribution in [3.05, 3.63) is 48.2 Å². The summed E-state index contributed by atoms with van der Waals surface area (Å²) in [6.07, 6.45) is 10.3. The summed E-state index contributed by atoms with van der Waals surface area (Å²) in [5.74, 6) is 0.282. The highest BCUT2D eigenvalue weighted by Crippen LogP contribution is 2.31. The van der Waals surface area contributed by atoms with Crippen molar-refractivity contribution in [1.29, 1.82) is 0 Å². The summed E-state index contributed by atoms with van der Waals surface area (Å²) in [6, 6.07) is 7.29. The fraction of sp³-hybridized carbons (Fsp3) is 0.480. The van der Waals surface area contributed by atoms with Crippen LogP contribution in [0.2, 0.25) is 0 Å². The minimum atomic E-state index is 0.282. The van der Waals surface area contributed by atoms with Gasteiger partial charge in [0.25, 0.3) is 0 Å². The van der Waals surface area contributed by atoms with Crippen LogP contribution in [0.15, 0.2) is 36.9 Å². The summed E-state index contributed by atoms with van der Waals surface area (Å²) in [7, 11) is 0. The van der Waals surface area contributed by atoms with Gasteiger partial charge in [-0.3, -0.25) is 14.6 Å². The predicted molar refractivity (Wildman–Crippen MR) is 124 cm³/mol. The van der Waals surface area contributed by atoms with Crippen LogP contribution < -0.4 is 0 Å². The van der Waals surface area contributed by atoms with Crippen molar-refractivity contribution in [3.8, 4) is 11.1 Å². The minimum absolute atomic E-state index is 0.282. The molecule has 3 aliphatic rings. The van der Waals surface area contributed by atoms with E-state index in [2.05, 4.69) is 47.9 Å². The molecule has 7 heteroatoms. The molecule has 2 aliphatic heterocycles. The Morgan fingerprint density at radius 1 is 1.03 bits per heavy atom. The number of carbonyl (C=O) groups excluding carboxylic acids is 1. The number of nitrogens with zero attached hydrogens (tertiary/aromatic N) is 5. The summed E-state index contributed by atoms with van der Waals surface area (Å²) < 4.78 is 0. The number of fused-ring (bicyclic) bond motifs is 3. The van der Waals surface area contributed by atoms with Crippen LogP contribution in [0.5, 0.6) is 0 Å². The van der Waals surface area contributed by atoms with Gasteiger partial charge in [-0.15, -0.1) is 0 Å². The number of rotatable bonds is 4. The number of carbonyl (C=O) groups is 1. The van der Waals surface area contributed by atoms with Gasteiger partial charge in [0.05, 0.1) is 6.54 Å². The van der Waals surface area contributed by atoms with E-state index in [1.807, 2.05) is 12.4 Å². The first-order valence-electron chi connectivity index (χ1n) is 11.9. The van der Waals surface area contributed by atoms with Gasteiger partial charge in [-0.1, -0.05) is 12.5 Å². The Bertz CT molecular complexity index is 1110. The average molecular weight is 431 g/mol. The molecular weight excluding hydrogens is 400 g/mol. The van der Waals surface area contributed by atoms with Crippen molar-refractivity contribution in [2.24, 2.45) is 0 Å². The maximum absolute atomic E-state index is 13.0. The normalized spacial score (nSPS) is 20.3. The molecule has 1 aromatic carbocycles. The van der Waals surface area contributed by atoms with Gasteiger partial charge in [0.15, 0.2) is 0 Å². The zero-order valence-corrected chi connectivity index (χ0v) is 18.5. The van der Waals surface area contributed by atoms with Gasteiger partial charge < -0.3 is 9.88 Å². The van der Waals surface area contributed by atoms with E-state index in [9.17, 15) is 4.79 Å². The van der Waals surface area contributed by atoms with E-state index in [1.165, 1.54) is 35.9 Å². The van der Waals surface area contributed by atoms with Gasteiger partial charge in [-0.25, -0.2) is 9.97 Å². The SMILES string of the molecule is O=C(CN1CCc2c([nH]c3ccc(-c4cncnc4)cc23)C1)N1CCN(C2CCC2)CC1. The van der Waals surface area contributed by atoms with Gasteiger partial charge in [0, 0.05) is 79.9 Å². The Morgan fingerprint density at radius 3 is 2.59 bits per heavy atom. The molecule has 4 heterocycles. The first-order chi connectivity index (χ1) is 15.7. The average Bonchev–Trinajstić information content (AvgIpc) is 3.16. The number of hydrogen-bond acceptors (Lipinski definition) is 5. The van der Waals surface area contributed by atoms with E-state index in [1.54, 1.807) is 6.33 Å². The third kappa shape index (κ3) is 3.69. The number of aromatic amines is 1. The lowest BCUT2D eigenvalue weighted by Gasteiger charge is -2.43. The van der Waals surface area contributed by atoms with E-state index < -0.39 is 0 Å². The highest BCUT2D eigenvalue weighted by Gasteiger charge is 2.30. The molecule has 1 aliphatic carbocycles. The molecule has 32 heavy (non-hydrogen) atoms. The van der Waals surface area contributed by atoms with Crippen LogP contribution in [-0.2, 0) is 17.8 Å². The maximum atomic E-state index is 13.0. The van der Waals surface area contributed by atoms with Gasteiger partial charge >= 0.3 is 0 Å². The maximum Gasteiger partial charge on any atom is 0.236 e. The molecule has 166 valence electrons. The molecule has 0 bridgehead atoms. The summed E-state index contributed by atoms with van der Waals surface area (Å²) >= 11 is 0. The van der Waals surface area contributed by atoms with Crippen molar-refractivity contribution in [2.75, 3.05) is 39.3 Å². The van der Waals surface area contributed by atoms with Crippen molar-refractivity contribution < 1.29 is 4.79 Å². The summed E-state index contributed by atoms with van der Waals surface area (Å²) in [5, 5.41) is 1.28. The molecule has 2 fully saturated rings. The van der Waals surface area contributed by atoms with Crippen LogP contribution in [0.3, 0.4) is 0 Å². The molecule has 1 saturated carbocycles. The molecule has 1 amide bonds. The second-order valence-corrected chi connectivity index (χ2v) is 9.43. The van der Waals surface area contributed by atoms with Crippen molar-refractivity contribution in [1.82, 2.24) is 29.7 Å². The summed E-state index contributed by atoms with van der Waals surface area (Å²) in [6.45, 7) is 6.09. The first kappa shape index (κ1) is 19.9. The van der Waals surface area contributed by atoms with Crippen LogP contribution in [0.25, 0.3) is 22.0 Å². The van der Waals surface area contributed by atoms with E-state index >= 15 is 0 Å². The van der Waals surface area contributed by atoms with Crippen molar-refractivity contribution in [2.45, 2.75) is 38.3 Å². The molecule has 7 nitrogen and oxygen atoms in total. The Labute approximate surface area is 188 Å². The van der Waals surface area contributed by atoms with E-state index in [-0.39, 0.29) is 5.91 Å². The lowest BCUT2D eigenvalue weighted by Crippen LogP contribution is -2.55. The lowest BCUT2D eigenvalue weighted by atomic mass is 9.91. The minimum Gasteiger partial charge on any atom is -0.357 e. The standard InChI is InChI=1S/C25H30N6O/c32-25(31-10-8-30(9-11-31)20-2-1-3-20)16-29-7-6-21-22-12-18(19-13-26-17-27-14-19)4-5-23(22)28-24(21)15-29/h4-5,12-14,17,20,28H,1-3,6-11,15-16H2. The second-order valence-electron chi connectivity index (χ2n) is 9.43. The number of piperazine rings is 1. The molecule has 6 rings (SSSR count). The van der Waals surface area contributed by atoms with Crippen LogP contribution in [0.4, 0.5) is 0 Å². The first-order valence-corrected chi connectivity index (χ1v) is 11.9. The number of hydrogen-bond donors (Lipinski definition) is 1. The molecule has 0 unspecified atom stereocenters. The summed E-state index contributed by atoms with van der Waals surface area (Å²) in [5.41, 5.74) is 5.96. The number of amides is 1. The highest BCUT2D eigenvalue weighted by molar-refractivity contribution is 5.89. The van der Waals surface area contributed by atoms with E-state index in [4.69, 9.17) is 0 Å². The Kier molecular flexibility index (Phi) is 5.15. The van der Waals surface area contributed by atoms with E-state index in [0.29, 0.717) is 6.54 Å². The number of benzene rings is 1. The highest BCUT2D eigenvalue weighted by atomic mass is 16.2. The number of nitrogens with one attached hydrogen (secondary N) is 1. The predicted octanol–water partition coefficient (Wildman–Crippen LogP) is 2.68. The van der Waals surface area contributed by atoms with Gasteiger partial charge in [-0.05, 0) is 42.5 Å². The van der Waals surface area contributed by atoms with Crippen LogP contribution in [0, 0.1) is 0 Å². The fourth-order valence-electron chi connectivity index (χ4n) is 5.44. The molecule has 3 aromatic rings. The molecular formula is C25H30N6O. The summed E-state index contributed by atoms with van der Waals surface area (Å²) in [4.78, 5) is 31.8. The third-order valence-corrected chi connectivity index (χ3v) is 7.57. The topological polar surface area (TPSA) is 68.4 Å². The van der Waals surface area contributed by atoms with Crippen LogP contribution in [0.1, 0.15) is 30.5 Å². The smallest absolute Gasteiger partial charge is 0.236 e. The molecule has 0 radical (unpaired) electrons. The Hall–Kier alpha value is -2.77. The fourth-order valence-corrected chi connectivity index (χ4v) is 5.44. The molecule has 2 aromatic heterocycles. The quantitative estimate of drug-likeness (QED) is 0.689. The van der Waals surface area contributed by atoms with Crippen LogP contribution >= 0.6 is 0 Å². The van der Waals surface area contributed by atoms with Gasteiger partial charge in [0.1, 0.15) is 6.33 Å². The zero-order valence-electron chi connectivity index (χ0n) is 18.5. The second kappa shape index (κ2) is 8.30. The molecule has 0 spiro atoms. The van der Waals surface area contributed by atoms with Crippen molar-refractivity contribution in [3.63, 3.8) is 0 Å².